The number of carbonyl (C=O) groups excluding carboxylic acids is 1. The molecule has 2 fully saturated rings. The molecule has 1 heterocycles. The molecule has 0 spiro atoms. The molecule has 1 saturated carbocycles. The minimum Gasteiger partial charge on any atom is -0.461 e. The lowest BCUT2D eigenvalue weighted by molar-refractivity contribution is -0.158. The largest absolute Gasteiger partial charge is 0.461 e. The quantitative estimate of drug-likeness (QED) is 0.718. The molecule has 92 valence electrons. The third kappa shape index (κ3) is 2.95. The van der Waals surface area contributed by atoms with Crippen LogP contribution in [0.3, 0.4) is 0 Å². The maximum Gasteiger partial charge on any atom is 0.325 e. The number of hydrogen-bond donors (Lipinski definition) is 1. The van der Waals surface area contributed by atoms with E-state index in [4.69, 9.17) is 9.47 Å². The molecular formula is C12H21NO3. The summed E-state index contributed by atoms with van der Waals surface area (Å²) in [5.41, 5.74) is 0. The summed E-state index contributed by atoms with van der Waals surface area (Å²) in [5, 5.41) is 3.12. The molecular weight excluding hydrogens is 206 g/mol. The first-order valence-corrected chi connectivity index (χ1v) is 6.29. The van der Waals surface area contributed by atoms with Crippen molar-refractivity contribution in [1.29, 1.82) is 0 Å². The zero-order valence-corrected chi connectivity index (χ0v) is 9.91. The maximum atomic E-state index is 11.8. The summed E-state index contributed by atoms with van der Waals surface area (Å²) in [4.78, 5) is 11.8. The Morgan fingerprint density at radius 1 is 1.38 bits per heavy atom. The maximum absolute atomic E-state index is 11.8. The molecule has 2 aliphatic rings. The normalized spacial score (nSPS) is 35.7. The Morgan fingerprint density at radius 2 is 2.19 bits per heavy atom. The monoisotopic (exact) mass is 227 g/mol. The Balaban J connectivity index is 1.80. The highest BCUT2D eigenvalue weighted by atomic mass is 16.5. The van der Waals surface area contributed by atoms with Crippen molar-refractivity contribution in [2.45, 2.75) is 44.8 Å². The highest BCUT2D eigenvalue weighted by Crippen LogP contribution is 2.26. The lowest BCUT2D eigenvalue weighted by Gasteiger charge is -2.31. The van der Waals surface area contributed by atoms with E-state index in [-0.39, 0.29) is 18.1 Å². The molecule has 0 aromatic heterocycles. The number of morpholine rings is 1. The first kappa shape index (κ1) is 11.9. The van der Waals surface area contributed by atoms with Gasteiger partial charge in [0.05, 0.1) is 13.2 Å². The third-order valence-corrected chi connectivity index (χ3v) is 3.51. The molecule has 3 unspecified atom stereocenters. The Hall–Kier alpha value is -0.610. The number of hydrogen-bond acceptors (Lipinski definition) is 4. The fourth-order valence-electron chi connectivity index (χ4n) is 2.41. The van der Waals surface area contributed by atoms with Gasteiger partial charge in [-0.05, 0) is 25.2 Å². The Kier molecular flexibility index (Phi) is 4.18. The van der Waals surface area contributed by atoms with Crippen LogP contribution in [0.2, 0.25) is 0 Å². The van der Waals surface area contributed by atoms with Crippen molar-refractivity contribution in [3.63, 3.8) is 0 Å². The summed E-state index contributed by atoms with van der Waals surface area (Å²) in [6.07, 6.45) is 4.74. The molecule has 1 N–H and O–H groups in total. The summed E-state index contributed by atoms with van der Waals surface area (Å²) >= 11 is 0. The van der Waals surface area contributed by atoms with E-state index in [1.54, 1.807) is 0 Å². The van der Waals surface area contributed by atoms with Crippen LogP contribution >= 0.6 is 0 Å². The van der Waals surface area contributed by atoms with Gasteiger partial charge in [-0.3, -0.25) is 4.79 Å². The van der Waals surface area contributed by atoms with E-state index in [1.807, 2.05) is 0 Å². The fraction of sp³-hybridized carbons (Fsp3) is 0.917. The van der Waals surface area contributed by atoms with Crippen molar-refractivity contribution in [1.82, 2.24) is 5.32 Å². The van der Waals surface area contributed by atoms with Gasteiger partial charge in [0.15, 0.2) is 0 Å². The molecule has 1 aliphatic carbocycles. The van der Waals surface area contributed by atoms with Gasteiger partial charge in [0, 0.05) is 6.54 Å². The van der Waals surface area contributed by atoms with Crippen LogP contribution in [-0.2, 0) is 14.3 Å². The number of nitrogens with one attached hydrogen (secondary N) is 1. The van der Waals surface area contributed by atoms with Gasteiger partial charge in [-0.25, -0.2) is 0 Å². The summed E-state index contributed by atoms with van der Waals surface area (Å²) in [6.45, 7) is 4.03. The van der Waals surface area contributed by atoms with Crippen molar-refractivity contribution >= 4 is 5.97 Å². The summed E-state index contributed by atoms with van der Waals surface area (Å²) in [5.74, 6) is 0.362. The van der Waals surface area contributed by atoms with Gasteiger partial charge >= 0.3 is 5.97 Å². The van der Waals surface area contributed by atoms with Crippen molar-refractivity contribution in [2.24, 2.45) is 5.92 Å². The molecule has 1 aliphatic heterocycles. The predicted octanol–water partition coefficient (Wildman–Crippen LogP) is 1.10. The average molecular weight is 227 g/mol. The van der Waals surface area contributed by atoms with E-state index in [2.05, 4.69) is 12.2 Å². The average Bonchev–Trinajstić information content (AvgIpc) is 2.33. The number of ether oxygens (including phenoxy) is 2. The Bertz CT molecular complexity index is 238. The lowest BCUT2D eigenvalue weighted by atomic mass is 9.88. The molecule has 0 radical (unpaired) electrons. The summed E-state index contributed by atoms with van der Waals surface area (Å²) < 4.78 is 10.8. The Morgan fingerprint density at radius 3 is 2.88 bits per heavy atom. The van der Waals surface area contributed by atoms with E-state index in [0.717, 1.165) is 13.0 Å². The van der Waals surface area contributed by atoms with Crippen LogP contribution in [0.25, 0.3) is 0 Å². The molecule has 0 bridgehead atoms. The van der Waals surface area contributed by atoms with Crippen LogP contribution in [-0.4, -0.2) is 37.9 Å². The zero-order chi connectivity index (χ0) is 11.4. The van der Waals surface area contributed by atoms with Crippen LogP contribution in [0.5, 0.6) is 0 Å². The van der Waals surface area contributed by atoms with Crippen LogP contribution in [0.1, 0.15) is 32.6 Å². The summed E-state index contributed by atoms with van der Waals surface area (Å²) in [7, 11) is 0. The first-order chi connectivity index (χ1) is 7.77. The molecule has 4 nitrogen and oxygen atoms in total. The van der Waals surface area contributed by atoms with Gasteiger partial charge < -0.3 is 14.8 Å². The number of esters is 1. The highest BCUT2D eigenvalue weighted by molar-refractivity contribution is 5.76. The predicted molar refractivity (Wildman–Crippen MR) is 60.1 cm³/mol. The van der Waals surface area contributed by atoms with Gasteiger partial charge in [0.25, 0.3) is 0 Å². The van der Waals surface area contributed by atoms with Crippen molar-refractivity contribution < 1.29 is 14.3 Å². The van der Waals surface area contributed by atoms with Crippen molar-refractivity contribution in [2.75, 3.05) is 19.8 Å². The van der Waals surface area contributed by atoms with Crippen molar-refractivity contribution in [3.8, 4) is 0 Å². The SMILES string of the molecule is CC1CCCCC1OC(=O)C1COCCN1. The van der Waals surface area contributed by atoms with Crippen LogP contribution in [0.15, 0.2) is 0 Å². The highest BCUT2D eigenvalue weighted by Gasteiger charge is 2.29. The molecule has 0 aromatic carbocycles. The molecule has 3 atom stereocenters. The first-order valence-electron chi connectivity index (χ1n) is 6.29. The molecule has 2 rings (SSSR count). The summed E-state index contributed by atoms with van der Waals surface area (Å²) in [6, 6.07) is -0.261. The van der Waals surface area contributed by atoms with Crippen LogP contribution < -0.4 is 5.32 Å². The van der Waals surface area contributed by atoms with E-state index >= 15 is 0 Å². The second-order valence-electron chi connectivity index (χ2n) is 4.82. The second-order valence-corrected chi connectivity index (χ2v) is 4.82. The van der Waals surface area contributed by atoms with Crippen LogP contribution in [0.4, 0.5) is 0 Å². The number of carbonyl (C=O) groups is 1. The smallest absolute Gasteiger partial charge is 0.325 e. The van der Waals surface area contributed by atoms with E-state index in [0.29, 0.717) is 19.1 Å². The molecule has 16 heavy (non-hydrogen) atoms. The molecule has 0 aromatic rings. The topological polar surface area (TPSA) is 47.6 Å². The lowest BCUT2D eigenvalue weighted by Crippen LogP contribution is -2.48. The number of rotatable bonds is 2. The standard InChI is InChI=1S/C12H21NO3/c1-9-4-2-3-5-11(9)16-12(14)10-8-15-7-6-13-10/h9-11,13H,2-8H2,1H3. The minimum absolute atomic E-state index is 0.116. The van der Waals surface area contributed by atoms with Crippen molar-refractivity contribution in [3.05, 3.63) is 0 Å². The van der Waals surface area contributed by atoms with Gasteiger partial charge in [-0.1, -0.05) is 13.3 Å². The minimum atomic E-state index is -0.261. The van der Waals surface area contributed by atoms with Gasteiger partial charge in [0.1, 0.15) is 12.1 Å². The fourth-order valence-corrected chi connectivity index (χ4v) is 2.41. The van der Waals surface area contributed by atoms with Gasteiger partial charge in [0.2, 0.25) is 0 Å². The van der Waals surface area contributed by atoms with E-state index < -0.39 is 0 Å². The van der Waals surface area contributed by atoms with E-state index in [9.17, 15) is 4.79 Å². The third-order valence-electron chi connectivity index (χ3n) is 3.51. The Labute approximate surface area is 96.7 Å². The second kappa shape index (κ2) is 5.64. The zero-order valence-electron chi connectivity index (χ0n) is 9.91. The molecule has 4 heteroatoms. The van der Waals surface area contributed by atoms with Gasteiger partial charge in [-0.15, -0.1) is 0 Å². The van der Waals surface area contributed by atoms with Crippen LogP contribution in [0, 0.1) is 5.92 Å². The van der Waals surface area contributed by atoms with E-state index in [1.165, 1.54) is 19.3 Å². The molecule has 0 amide bonds. The molecule has 1 saturated heterocycles. The van der Waals surface area contributed by atoms with Gasteiger partial charge in [-0.2, -0.15) is 0 Å².